The van der Waals surface area contributed by atoms with E-state index in [1.165, 1.54) is 7.05 Å². The molecular formula is C15H22N7O10P. The normalized spacial score (nSPS) is 25.6. The summed E-state index contributed by atoms with van der Waals surface area (Å²) in [7, 11) is -3.50. The van der Waals surface area contributed by atoms with Crippen LogP contribution in [-0.2, 0) is 23.4 Å². The molecule has 17 nitrogen and oxygen atoms in total. The molecule has 1 amide bonds. The summed E-state index contributed by atoms with van der Waals surface area (Å²) in [6.07, 6.45) is -5.33. The van der Waals surface area contributed by atoms with Gasteiger partial charge in [-0.25, -0.2) is 9.55 Å². The van der Waals surface area contributed by atoms with E-state index in [1.54, 1.807) is 5.09 Å². The minimum Gasteiger partial charge on any atom is -0.481 e. The van der Waals surface area contributed by atoms with Crippen LogP contribution in [0.25, 0.3) is 11.2 Å². The summed E-state index contributed by atoms with van der Waals surface area (Å²) in [5.74, 6) is -2.64. The lowest BCUT2D eigenvalue weighted by molar-refractivity contribution is -0.139. The molecule has 1 aliphatic heterocycles. The molecule has 3 heterocycles. The second kappa shape index (κ2) is 9.52. The molecule has 0 bridgehead atoms. The number of carboxylic acid groups (broad SMARTS) is 1. The number of hydrogen-bond donors (Lipinski definition) is 8. The van der Waals surface area contributed by atoms with Gasteiger partial charge in [-0.15, -0.1) is 0 Å². The van der Waals surface area contributed by atoms with Crippen molar-refractivity contribution in [3.63, 3.8) is 0 Å². The molecule has 18 heteroatoms. The Balaban J connectivity index is 1.68. The van der Waals surface area contributed by atoms with Crippen LogP contribution < -0.4 is 21.7 Å². The number of aliphatic hydroxyl groups excluding tert-OH is 2. The van der Waals surface area contributed by atoms with Gasteiger partial charge in [0.1, 0.15) is 18.3 Å². The van der Waals surface area contributed by atoms with E-state index in [1.807, 2.05) is 0 Å². The van der Waals surface area contributed by atoms with Crippen LogP contribution in [0.4, 0.5) is 5.95 Å². The Kier molecular flexibility index (Phi) is 7.13. The van der Waals surface area contributed by atoms with E-state index in [2.05, 4.69) is 20.3 Å². The van der Waals surface area contributed by atoms with Gasteiger partial charge in [-0.05, 0) is 7.05 Å². The van der Waals surface area contributed by atoms with Crippen molar-refractivity contribution in [1.82, 2.24) is 29.9 Å². The number of nitrogens with two attached hydrogens (primary N) is 1. The average molecular weight is 491 g/mol. The fraction of sp³-hybridized carbons (Fsp3) is 0.533. The lowest BCUT2D eigenvalue weighted by Crippen LogP contribution is -2.43. The molecule has 1 saturated heterocycles. The van der Waals surface area contributed by atoms with Crippen LogP contribution in [0.5, 0.6) is 0 Å². The molecule has 182 valence electrons. The first kappa shape index (κ1) is 24.7. The molecule has 0 aromatic carbocycles. The van der Waals surface area contributed by atoms with Crippen LogP contribution >= 0.6 is 7.75 Å². The number of nitrogen functional groups attached to an aromatic ring is 1. The van der Waals surface area contributed by atoms with Crippen molar-refractivity contribution in [2.45, 2.75) is 37.0 Å². The number of H-pyrrole nitrogens is 1. The monoisotopic (exact) mass is 491 g/mol. The highest BCUT2D eigenvalue weighted by Gasteiger charge is 2.45. The summed E-state index contributed by atoms with van der Waals surface area (Å²) in [5.41, 5.74) is 4.75. The van der Waals surface area contributed by atoms with E-state index in [-0.39, 0.29) is 17.1 Å². The van der Waals surface area contributed by atoms with Gasteiger partial charge in [0.05, 0.1) is 25.4 Å². The van der Waals surface area contributed by atoms with Crippen molar-refractivity contribution >= 4 is 36.7 Å². The zero-order chi connectivity index (χ0) is 24.5. The van der Waals surface area contributed by atoms with Crippen LogP contribution in [-0.4, -0.2) is 89.6 Å². The number of hydrogen-bond acceptors (Lipinski definition) is 12. The summed E-state index contributed by atoms with van der Waals surface area (Å²) >= 11 is 0. The van der Waals surface area contributed by atoms with Crippen LogP contribution in [0, 0.1) is 0 Å². The van der Waals surface area contributed by atoms with Crippen molar-refractivity contribution in [2.24, 2.45) is 0 Å². The van der Waals surface area contributed by atoms with Crippen LogP contribution in [0.1, 0.15) is 12.6 Å². The summed E-state index contributed by atoms with van der Waals surface area (Å²) in [5, 5.41) is 33.5. The highest BCUT2D eigenvalue weighted by molar-refractivity contribution is 7.51. The van der Waals surface area contributed by atoms with Gasteiger partial charge in [0.15, 0.2) is 17.4 Å². The Labute approximate surface area is 184 Å². The Morgan fingerprint density at radius 2 is 2.12 bits per heavy atom. The molecule has 1 aliphatic rings. The third-order valence-electron chi connectivity index (χ3n) is 4.77. The number of ether oxygens (including phenoxy) is 1. The van der Waals surface area contributed by atoms with Crippen molar-refractivity contribution in [3.8, 4) is 0 Å². The van der Waals surface area contributed by atoms with Crippen molar-refractivity contribution in [1.29, 1.82) is 0 Å². The van der Waals surface area contributed by atoms with Crippen molar-refractivity contribution in [2.75, 3.05) is 19.4 Å². The number of carbonyl (C=O) groups is 2. The van der Waals surface area contributed by atoms with Crippen LogP contribution in [0.2, 0.25) is 0 Å². The second-order valence-corrected chi connectivity index (χ2v) is 8.58. The number of aromatic nitrogens is 4. The third-order valence-corrected chi connectivity index (χ3v) is 5.77. The SMILES string of the molecule is CN[C@@H](CC(=O)O)C(=O)NP(=O)(O)OC[C@H]1O[C@@H](n2cnc3c(=O)[nH]c(N)nc32)[C@H](O)[C@@H]1O. The summed E-state index contributed by atoms with van der Waals surface area (Å²) in [6.45, 7) is -0.741. The molecular weight excluding hydrogens is 469 g/mol. The fourth-order valence-electron chi connectivity index (χ4n) is 3.15. The minimum absolute atomic E-state index is 0.0364. The predicted molar refractivity (Wildman–Crippen MR) is 108 cm³/mol. The molecule has 1 unspecified atom stereocenters. The molecule has 0 saturated carbocycles. The van der Waals surface area contributed by atoms with E-state index in [0.717, 1.165) is 10.9 Å². The fourth-order valence-corrected chi connectivity index (χ4v) is 4.00. The van der Waals surface area contributed by atoms with Crippen molar-refractivity contribution in [3.05, 3.63) is 16.7 Å². The van der Waals surface area contributed by atoms with Crippen molar-refractivity contribution < 1.29 is 43.6 Å². The number of likely N-dealkylation sites (N-methyl/N-ethyl adjacent to an activating group) is 1. The summed E-state index contributed by atoms with van der Waals surface area (Å²) in [4.78, 5) is 54.6. The first-order valence-electron chi connectivity index (χ1n) is 9.36. The number of carboxylic acids is 1. The molecule has 0 radical (unpaired) electrons. The van der Waals surface area contributed by atoms with Crippen LogP contribution in [0.3, 0.4) is 0 Å². The highest BCUT2D eigenvalue weighted by atomic mass is 31.2. The molecule has 2 aromatic rings. The Morgan fingerprint density at radius 1 is 1.42 bits per heavy atom. The quantitative estimate of drug-likeness (QED) is 0.159. The van der Waals surface area contributed by atoms with Crippen LogP contribution in [0.15, 0.2) is 11.1 Å². The zero-order valence-corrected chi connectivity index (χ0v) is 17.9. The van der Waals surface area contributed by atoms with E-state index in [4.69, 9.17) is 20.1 Å². The Hall–Kier alpha value is -2.92. The maximum absolute atomic E-state index is 12.2. The number of amides is 1. The standard InChI is InChI=1S/C15H22N7O10P/c1-17-5(2-7(23)24)12(27)21-33(29,30)31-3-6-9(25)10(26)14(32-6)22-4-18-8-11(22)19-15(16)20-13(8)28/h4-6,9-10,14,17,25-26H,2-3H2,1H3,(H,23,24)(H3,16,19,20,28)(H2,21,27,29,30)/t5-,6+,9+,10+,14+/m0/s1. The number of aliphatic hydroxyl groups is 2. The van der Waals surface area contributed by atoms with Gasteiger partial charge in [-0.3, -0.25) is 33.5 Å². The first-order valence-corrected chi connectivity index (χ1v) is 10.9. The number of aliphatic carboxylic acids is 1. The third kappa shape index (κ3) is 5.36. The highest BCUT2D eigenvalue weighted by Crippen LogP contribution is 2.39. The molecule has 33 heavy (non-hydrogen) atoms. The smallest absolute Gasteiger partial charge is 0.432 e. The molecule has 3 rings (SSSR count). The minimum atomic E-state index is -4.79. The molecule has 6 atom stereocenters. The molecule has 1 fully saturated rings. The number of aromatic amines is 1. The number of carbonyl (C=O) groups excluding carboxylic acids is 1. The number of fused-ring (bicyclic) bond motifs is 1. The molecule has 0 spiro atoms. The Morgan fingerprint density at radius 3 is 2.76 bits per heavy atom. The zero-order valence-electron chi connectivity index (χ0n) is 17.0. The molecule has 2 aromatic heterocycles. The van der Waals surface area contributed by atoms with E-state index in [0.29, 0.717) is 0 Å². The lowest BCUT2D eigenvalue weighted by Gasteiger charge is -2.20. The van der Waals surface area contributed by atoms with E-state index < -0.39 is 68.8 Å². The van der Waals surface area contributed by atoms with E-state index >= 15 is 0 Å². The lowest BCUT2D eigenvalue weighted by atomic mass is 10.1. The maximum Gasteiger partial charge on any atom is 0.432 e. The number of nitrogens with zero attached hydrogens (tertiary/aromatic N) is 3. The van der Waals surface area contributed by atoms with Gasteiger partial charge >= 0.3 is 13.7 Å². The molecule has 9 N–H and O–H groups in total. The number of anilines is 1. The largest absolute Gasteiger partial charge is 0.481 e. The van der Waals surface area contributed by atoms with Gasteiger partial charge < -0.3 is 36.0 Å². The predicted octanol–water partition coefficient (Wildman–Crippen LogP) is -3.38. The number of imidazole rings is 1. The molecule has 0 aliphatic carbocycles. The number of nitrogens with one attached hydrogen (secondary N) is 3. The van der Waals surface area contributed by atoms with E-state index in [9.17, 15) is 34.1 Å². The second-order valence-electron chi connectivity index (χ2n) is 7.05. The summed E-state index contributed by atoms with van der Waals surface area (Å²) in [6, 6.07) is -1.30. The van der Waals surface area contributed by atoms with Gasteiger partial charge in [0.2, 0.25) is 11.9 Å². The van der Waals surface area contributed by atoms with Gasteiger partial charge in [0.25, 0.3) is 5.56 Å². The summed E-state index contributed by atoms with van der Waals surface area (Å²) < 4.78 is 23.6. The van der Waals surface area contributed by atoms with Gasteiger partial charge in [-0.2, -0.15) is 4.98 Å². The topological polar surface area (TPSA) is 264 Å². The average Bonchev–Trinajstić information content (AvgIpc) is 3.25. The Bertz CT molecular complexity index is 1150. The number of rotatable bonds is 9. The van der Waals surface area contributed by atoms with Gasteiger partial charge in [-0.1, -0.05) is 0 Å². The maximum atomic E-state index is 12.2. The first-order chi connectivity index (χ1) is 15.4. The van der Waals surface area contributed by atoms with Gasteiger partial charge in [0, 0.05) is 0 Å².